The number of thiazole rings is 1. The third-order valence-electron chi connectivity index (χ3n) is 1.67. The van der Waals surface area contributed by atoms with Crippen LogP contribution in [-0.2, 0) is 4.74 Å². The fraction of sp³-hybridized carbons (Fsp3) is 0.700. The van der Waals surface area contributed by atoms with Crippen LogP contribution in [-0.4, -0.2) is 24.7 Å². The molecule has 5 heteroatoms. The maximum Gasteiger partial charge on any atom is 0.184 e. The van der Waals surface area contributed by atoms with Gasteiger partial charge in [-0.25, -0.2) is 4.98 Å². The van der Waals surface area contributed by atoms with Crippen LogP contribution in [0.2, 0.25) is 5.15 Å². The van der Waals surface area contributed by atoms with Crippen molar-refractivity contribution in [2.75, 3.05) is 25.1 Å². The Balaban J connectivity index is 1.98. The van der Waals surface area contributed by atoms with E-state index < -0.39 is 0 Å². The molecule has 1 aromatic rings. The molecule has 1 rings (SSSR count). The van der Waals surface area contributed by atoms with Gasteiger partial charge in [0, 0.05) is 25.1 Å². The highest BCUT2D eigenvalue weighted by Gasteiger charge is 1.98. The highest BCUT2D eigenvalue weighted by Crippen LogP contribution is 2.18. The van der Waals surface area contributed by atoms with Crippen molar-refractivity contribution in [3.63, 3.8) is 0 Å². The third-order valence-corrected chi connectivity index (χ3v) is 2.79. The summed E-state index contributed by atoms with van der Waals surface area (Å²) < 4.78 is 5.46. The van der Waals surface area contributed by atoms with E-state index in [1.807, 2.05) is 5.38 Å². The molecule has 0 bridgehead atoms. The van der Waals surface area contributed by atoms with Crippen molar-refractivity contribution in [2.45, 2.75) is 20.3 Å². The first-order chi connectivity index (χ1) is 7.18. The van der Waals surface area contributed by atoms with E-state index in [0.717, 1.165) is 31.3 Å². The van der Waals surface area contributed by atoms with Gasteiger partial charge in [-0.2, -0.15) is 0 Å². The molecule has 0 amide bonds. The molecule has 0 fully saturated rings. The maximum atomic E-state index is 5.69. The van der Waals surface area contributed by atoms with Crippen LogP contribution in [0, 0.1) is 5.92 Å². The number of ether oxygens (including phenoxy) is 1. The van der Waals surface area contributed by atoms with E-state index in [0.29, 0.717) is 11.1 Å². The zero-order valence-corrected chi connectivity index (χ0v) is 10.7. The van der Waals surface area contributed by atoms with Gasteiger partial charge in [-0.3, -0.25) is 0 Å². The number of rotatable bonds is 7. The summed E-state index contributed by atoms with van der Waals surface area (Å²) in [6.07, 6.45) is 0.990. The number of nitrogens with one attached hydrogen (secondary N) is 1. The standard InChI is InChI=1S/C10H17ClN2OS/c1-8(2)6-14-5-3-4-12-10-13-9(11)7-15-10/h7-8H,3-6H2,1-2H3,(H,12,13). The van der Waals surface area contributed by atoms with E-state index in [4.69, 9.17) is 16.3 Å². The summed E-state index contributed by atoms with van der Waals surface area (Å²) in [5, 5.41) is 6.45. The van der Waals surface area contributed by atoms with Crippen molar-refractivity contribution < 1.29 is 4.74 Å². The van der Waals surface area contributed by atoms with Gasteiger partial charge in [0.15, 0.2) is 5.13 Å². The molecule has 0 unspecified atom stereocenters. The van der Waals surface area contributed by atoms with Crippen molar-refractivity contribution >= 4 is 28.1 Å². The lowest BCUT2D eigenvalue weighted by Crippen LogP contribution is -2.08. The van der Waals surface area contributed by atoms with Gasteiger partial charge in [0.1, 0.15) is 5.15 Å². The van der Waals surface area contributed by atoms with Gasteiger partial charge in [-0.1, -0.05) is 25.4 Å². The average Bonchev–Trinajstić information content (AvgIpc) is 2.57. The summed E-state index contributed by atoms with van der Waals surface area (Å²) in [7, 11) is 0. The molecule has 0 saturated carbocycles. The van der Waals surface area contributed by atoms with E-state index >= 15 is 0 Å². The first kappa shape index (κ1) is 12.7. The fourth-order valence-electron chi connectivity index (χ4n) is 1.02. The first-order valence-corrected chi connectivity index (χ1v) is 6.37. The Morgan fingerprint density at radius 3 is 3.00 bits per heavy atom. The van der Waals surface area contributed by atoms with Crippen molar-refractivity contribution in [3.8, 4) is 0 Å². The second-order valence-corrected chi connectivity index (χ2v) is 4.97. The minimum absolute atomic E-state index is 0.554. The van der Waals surface area contributed by atoms with Gasteiger partial charge in [-0.15, -0.1) is 11.3 Å². The van der Waals surface area contributed by atoms with E-state index in [-0.39, 0.29) is 0 Å². The Hall–Kier alpha value is -0.320. The highest BCUT2D eigenvalue weighted by atomic mass is 35.5. The lowest BCUT2D eigenvalue weighted by Gasteiger charge is -2.06. The van der Waals surface area contributed by atoms with Gasteiger partial charge >= 0.3 is 0 Å². The summed E-state index contributed by atoms with van der Waals surface area (Å²) >= 11 is 7.22. The Bertz CT molecular complexity index is 278. The molecule has 0 aliphatic rings. The molecule has 0 aliphatic carbocycles. The molecule has 1 aromatic heterocycles. The largest absolute Gasteiger partial charge is 0.381 e. The minimum Gasteiger partial charge on any atom is -0.381 e. The smallest absolute Gasteiger partial charge is 0.184 e. The predicted octanol–water partition coefficient (Wildman–Crippen LogP) is 3.27. The number of nitrogens with zero attached hydrogens (tertiary/aromatic N) is 1. The van der Waals surface area contributed by atoms with Gasteiger partial charge in [0.25, 0.3) is 0 Å². The number of hydrogen-bond donors (Lipinski definition) is 1. The monoisotopic (exact) mass is 248 g/mol. The van der Waals surface area contributed by atoms with E-state index in [9.17, 15) is 0 Å². The summed E-state index contributed by atoms with van der Waals surface area (Å²) in [5.41, 5.74) is 0. The van der Waals surface area contributed by atoms with Gasteiger partial charge in [-0.05, 0) is 12.3 Å². The summed E-state index contributed by atoms with van der Waals surface area (Å²) in [6.45, 7) is 6.81. The van der Waals surface area contributed by atoms with E-state index in [1.54, 1.807) is 0 Å². The molecule has 0 atom stereocenters. The van der Waals surface area contributed by atoms with Gasteiger partial charge in [0.2, 0.25) is 0 Å². The average molecular weight is 249 g/mol. The molecule has 15 heavy (non-hydrogen) atoms. The van der Waals surface area contributed by atoms with Gasteiger partial charge in [0.05, 0.1) is 0 Å². The third kappa shape index (κ3) is 5.97. The number of hydrogen-bond acceptors (Lipinski definition) is 4. The van der Waals surface area contributed by atoms with Crippen molar-refractivity contribution in [2.24, 2.45) is 5.92 Å². The minimum atomic E-state index is 0.554. The highest BCUT2D eigenvalue weighted by molar-refractivity contribution is 7.14. The van der Waals surface area contributed by atoms with Crippen LogP contribution in [0.3, 0.4) is 0 Å². The number of anilines is 1. The SMILES string of the molecule is CC(C)COCCCNc1nc(Cl)cs1. The molecule has 1 N–H and O–H groups in total. The second-order valence-electron chi connectivity index (χ2n) is 3.72. The molecule has 0 saturated heterocycles. The Labute approximate surface area is 99.8 Å². The van der Waals surface area contributed by atoms with Crippen molar-refractivity contribution in [3.05, 3.63) is 10.5 Å². The predicted molar refractivity (Wildman–Crippen MR) is 65.9 cm³/mol. The molecule has 0 spiro atoms. The van der Waals surface area contributed by atoms with Gasteiger partial charge < -0.3 is 10.1 Å². The molecule has 0 radical (unpaired) electrons. The van der Waals surface area contributed by atoms with Crippen molar-refractivity contribution in [1.82, 2.24) is 4.98 Å². The van der Waals surface area contributed by atoms with Crippen LogP contribution in [0.5, 0.6) is 0 Å². The zero-order chi connectivity index (χ0) is 11.1. The lowest BCUT2D eigenvalue weighted by atomic mass is 10.2. The Kier molecular flexibility index (Phi) is 5.98. The van der Waals surface area contributed by atoms with E-state index in [2.05, 4.69) is 24.1 Å². The van der Waals surface area contributed by atoms with Crippen LogP contribution in [0.4, 0.5) is 5.13 Å². The molecule has 3 nitrogen and oxygen atoms in total. The van der Waals surface area contributed by atoms with Crippen LogP contribution in [0.15, 0.2) is 5.38 Å². The number of halogens is 1. The molecule has 0 aromatic carbocycles. The summed E-state index contributed by atoms with van der Waals surface area (Å²) in [5.74, 6) is 0.607. The van der Waals surface area contributed by atoms with Crippen LogP contribution >= 0.6 is 22.9 Å². The second kappa shape index (κ2) is 7.04. The fourth-order valence-corrected chi connectivity index (χ4v) is 1.89. The summed E-state index contributed by atoms with van der Waals surface area (Å²) in [6, 6.07) is 0. The zero-order valence-electron chi connectivity index (χ0n) is 9.12. The maximum absolute atomic E-state index is 5.69. The molecular weight excluding hydrogens is 232 g/mol. The quantitative estimate of drug-likeness (QED) is 0.752. The first-order valence-electron chi connectivity index (χ1n) is 5.11. The summed E-state index contributed by atoms with van der Waals surface area (Å²) in [4.78, 5) is 4.09. The molecule has 86 valence electrons. The number of aromatic nitrogens is 1. The van der Waals surface area contributed by atoms with Crippen molar-refractivity contribution in [1.29, 1.82) is 0 Å². The van der Waals surface area contributed by atoms with Crippen LogP contribution in [0.1, 0.15) is 20.3 Å². The molecular formula is C10H17ClN2OS. The van der Waals surface area contributed by atoms with E-state index in [1.165, 1.54) is 11.3 Å². The van der Waals surface area contributed by atoms with Crippen LogP contribution in [0.25, 0.3) is 0 Å². The molecule has 0 aliphatic heterocycles. The topological polar surface area (TPSA) is 34.1 Å². The Morgan fingerprint density at radius 1 is 1.60 bits per heavy atom. The Morgan fingerprint density at radius 2 is 2.40 bits per heavy atom. The molecule has 1 heterocycles. The van der Waals surface area contributed by atoms with Crippen LogP contribution < -0.4 is 5.32 Å². The normalized spacial score (nSPS) is 10.9. The lowest BCUT2D eigenvalue weighted by molar-refractivity contribution is 0.110.